The fraction of sp³-hybridized carbons (Fsp3) is 0. The van der Waals surface area contributed by atoms with E-state index in [1.807, 2.05) is 60.7 Å². The molecular weight excluding hydrogens is 713 g/mol. The van der Waals surface area contributed by atoms with Crippen molar-refractivity contribution in [2.45, 2.75) is 0 Å². The smallest absolute Gasteiger partial charge is 0.227 e. The predicted octanol–water partition coefficient (Wildman–Crippen LogP) is 15.3. The Kier molecular flexibility index (Phi) is 7.16. The van der Waals surface area contributed by atoms with Gasteiger partial charge in [-0.1, -0.05) is 121 Å². The number of benzene rings is 9. The number of rotatable bonds is 6. The molecule has 9 aromatic carbocycles. The van der Waals surface area contributed by atoms with Crippen LogP contribution in [0.4, 0.5) is 17.1 Å². The summed E-state index contributed by atoms with van der Waals surface area (Å²) in [5.41, 5.74) is 13.3. The first-order chi connectivity index (χ1) is 28.7. The highest BCUT2D eigenvalue weighted by molar-refractivity contribution is 6.17. The predicted molar refractivity (Wildman–Crippen MR) is 237 cm³/mol. The topological polar surface area (TPSA) is 55.6 Å². The maximum absolute atomic E-state index is 6.60. The van der Waals surface area contributed by atoms with Crippen LogP contribution in [0.5, 0.6) is 0 Å². The van der Waals surface area contributed by atoms with Crippen LogP contribution in [-0.4, -0.2) is 4.98 Å². The van der Waals surface area contributed by atoms with Crippen LogP contribution >= 0.6 is 0 Å². The van der Waals surface area contributed by atoms with Crippen molar-refractivity contribution >= 4 is 82.8 Å². The molecule has 0 bridgehead atoms. The Labute approximate surface area is 332 Å². The van der Waals surface area contributed by atoms with Crippen molar-refractivity contribution in [1.29, 1.82) is 0 Å². The molecule has 12 aromatic rings. The van der Waals surface area contributed by atoms with Crippen LogP contribution in [0.15, 0.2) is 207 Å². The van der Waals surface area contributed by atoms with Gasteiger partial charge in [-0.25, -0.2) is 4.98 Å². The molecule has 0 unspecified atom stereocenters. The first-order valence-corrected chi connectivity index (χ1v) is 19.4. The molecule has 3 aromatic heterocycles. The number of fused-ring (bicyclic) bond motifs is 9. The average molecular weight is 745 g/mol. The van der Waals surface area contributed by atoms with E-state index in [0.29, 0.717) is 5.89 Å². The summed E-state index contributed by atoms with van der Waals surface area (Å²) in [6, 6.07) is 67.6. The van der Waals surface area contributed by atoms with Crippen molar-refractivity contribution in [2.75, 3.05) is 4.90 Å². The summed E-state index contributed by atoms with van der Waals surface area (Å²) in [6.45, 7) is 0. The summed E-state index contributed by atoms with van der Waals surface area (Å²) in [5.74, 6) is 0.593. The van der Waals surface area contributed by atoms with Crippen molar-refractivity contribution < 1.29 is 13.3 Å². The molecule has 12 rings (SSSR count). The maximum atomic E-state index is 6.60. The van der Waals surface area contributed by atoms with Crippen molar-refractivity contribution in [1.82, 2.24) is 4.98 Å². The highest BCUT2D eigenvalue weighted by Crippen LogP contribution is 2.44. The zero-order chi connectivity index (χ0) is 38.2. The summed E-state index contributed by atoms with van der Waals surface area (Å²) in [5, 5.41) is 6.56. The van der Waals surface area contributed by atoms with E-state index >= 15 is 0 Å². The summed E-state index contributed by atoms with van der Waals surface area (Å²) in [4.78, 5) is 7.11. The van der Waals surface area contributed by atoms with E-state index in [0.717, 1.165) is 88.7 Å². The summed E-state index contributed by atoms with van der Waals surface area (Å²) >= 11 is 0. The molecule has 3 heterocycles. The number of anilines is 3. The zero-order valence-electron chi connectivity index (χ0n) is 31.1. The lowest BCUT2D eigenvalue weighted by Crippen LogP contribution is -2.10. The third-order valence-electron chi connectivity index (χ3n) is 11.3. The lowest BCUT2D eigenvalue weighted by atomic mass is 9.98. The van der Waals surface area contributed by atoms with Crippen molar-refractivity contribution in [2.24, 2.45) is 0 Å². The molecule has 0 saturated heterocycles. The van der Waals surface area contributed by atoms with Gasteiger partial charge in [-0.05, 0) is 106 Å². The molecule has 0 amide bonds. The van der Waals surface area contributed by atoms with Gasteiger partial charge in [-0.15, -0.1) is 0 Å². The number of para-hydroxylation sites is 2. The fourth-order valence-corrected chi connectivity index (χ4v) is 8.54. The van der Waals surface area contributed by atoms with Gasteiger partial charge in [-0.3, -0.25) is 0 Å². The van der Waals surface area contributed by atoms with Crippen LogP contribution < -0.4 is 4.90 Å². The number of aromatic nitrogens is 1. The minimum absolute atomic E-state index is 0.593. The van der Waals surface area contributed by atoms with E-state index in [1.165, 1.54) is 21.9 Å². The molecule has 0 atom stereocenters. The van der Waals surface area contributed by atoms with Crippen LogP contribution in [0, 0.1) is 0 Å². The minimum atomic E-state index is 0.593. The van der Waals surface area contributed by atoms with Gasteiger partial charge >= 0.3 is 0 Å². The van der Waals surface area contributed by atoms with E-state index < -0.39 is 0 Å². The number of hydrogen-bond acceptors (Lipinski definition) is 5. The van der Waals surface area contributed by atoms with Crippen LogP contribution in [0.25, 0.3) is 99.5 Å². The largest absolute Gasteiger partial charge is 0.456 e. The van der Waals surface area contributed by atoms with E-state index in [4.69, 9.17) is 18.2 Å². The standard InChI is InChI=1S/C53H32N2O3/c1-2-11-36(12-3-1)53-54-45-29-31-49-50(52(45)58-53)44-32-37(24-30-48(44)56-49)33-20-25-38(26-21-33)55(46-18-9-17-43-42-15-6-7-19-47(42)57-51(43)46)39-27-22-35(23-28-39)41-16-8-13-34-10-4-5-14-40(34)41/h1-32H. The Balaban J connectivity index is 0.970. The highest BCUT2D eigenvalue weighted by atomic mass is 16.4. The third kappa shape index (κ3) is 5.14. The first kappa shape index (κ1) is 32.4. The molecule has 0 radical (unpaired) electrons. The van der Waals surface area contributed by atoms with Gasteiger partial charge in [0.15, 0.2) is 11.2 Å². The van der Waals surface area contributed by atoms with Crippen LogP contribution in [-0.2, 0) is 0 Å². The van der Waals surface area contributed by atoms with Gasteiger partial charge in [-0.2, -0.15) is 0 Å². The van der Waals surface area contributed by atoms with Crippen LogP contribution in [0.1, 0.15) is 0 Å². The minimum Gasteiger partial charge on any atom is -0.456 e. The molecule has 58 heavy (non-hydrogen) atoms. The zero-order valence-corrected chi connectivity index (χ0v) is 31.1. The van der Waals surface area contributed by atoms with Gasteiger partial charge < -0.3 is 18.2 Å². The summed E-state index contributed by atoms with van der Waals surface area (Å²) in [7, 11) is 0. The molecule has 0 N–H and O–H groups in total. The van der Waals surface area contributed by atoms with E-state index in [-0.39, 0.29) is 0 Å². The average Bonchev–Trinajstić information content (AvgIpc) is 4.01. The van der Waals surface area contributed by atoms with E-state index in [1.54, 1.807) is 0 Å². The normalized spacial score (nSPS) is 11.8. The molecular formula is C53H32N2O3. The second kappa shape index (κ2) is 12.8. The molecule has 0 aliphatic heterocycles. The molecule has 5 nitrogen and oxygen atoms in total. The Morgan fingerprint density at radius 2 is 1.03 bits per heavy atom. The van der Waals surface area contributed by atoms with Gasteiger partial charge in [0, 0.05) is 33.1 Å². The Bertz CT molecular complexity index is 3500. The highest BCUT2D eigenvalue weighted by Gasteiger charge is 2.21. The molecule has 0 fully saturated rings. The fourth-order valence-electron chi connectivity index (χ4n) is 8.54. The quantitative estimate of drug-likeness (QED) is 0.170. The second-order valence-electron chi connectivity index (χ2n) is 14.7. The molecule has 0 saturated carbocycles. The molecule has 0 spiro atoms. The second-order valence-corrected chi connectivity index (χ2v) is 14.7. The SMILES string of the molecule is c1ccc(-c2nc3ccc4oc5ccc(-c6ccc(N(c7ccc(-c8cccc9ccccc89)cc7)c7cccc8c7oc7ccccc78)cc6)cc5c4c3o2)cc1. The van der Waals surface area contributed by atoms with E-state index in [9.17, 15) is 0 Å². The number of nitrogens with zero attached hydrogens (tertiary/aromatic N) is 2. The van der Waals surface area contributed by atoms with Gasteiger partial charge in [0.1, 0.15) is 22.3 Å². The lowest BCUT2D eigenvalue weighted by molar-refractivity contribution is 0.622. The van der Waals surface area contributed by atoms with E-state index in [2.05, 4.69) is 138 Å². The van der Waals surface area contributed by atoms with Crippen LogP contribution in [0.3, 0.4) is 0 Å². The van der Waals surface area contributed by atoms with Gasteiger partial charge in [0.2, 0.25) is 5.89 Å². The lowest BCUT2D eigenvalue weighted by Gasteiger charge is -2.26. The number of oxazole rings is 1. The number of furan rings is 2. The molecule has 0 aliphatic rings. The number of hydrogen-bond donors (Lipinski definition) is 0. The molecule has 0 aliphatic carbocycles. The monoisotopic (exact) mass is 744 g/mol. The van der Waals surface area contributed by atoms with Crippen molar-refractivity contribution in [3.05, 3.63) is 194 Å². The van der Waals surface area contributed by atoms with Gasteiger partial charge in [0.25, 0.3) is 0 Å². The molecule has 272 valence electrons. The van der Waals surface area contributed by atoms with Crippen molar-refractivity contribution in [3.63, 3.8) is 0 Å². The Morgan fingerprint density at radius 1 is 0.379 bits per heavy atom. The van der Waals surface area contributed by atoms with Crippen LogP contribution in [0.2, 0.25) is 0 Å². The third-order valence-corrected chi connectivity index (χ3v) is 11.3. The summed E-state index contributed by atoms with van der Waals surface area (Å²) in [6.07, 6.45) is 0. The Hall–Kier alpha value is -7.89. The maximum Gasteiger partial charge on any atom is 0.227 e. The Morgan fingerprint density at radius 3 is 1.88 bits per heavy atom. The molecule has 5 heteroatoms. The summed E-state index contributed by atoms with van der Waals surface area (Å²) < 4.78 is 19.4. The van der Waals surface area contributed by atoms with Gasteiger partial charge in [0.05, 0.1) is 11.1 Å². The van der Waals surface area contributed by atoms with Crippen molar-refractivity contribution in [3.8, 4) is 33.7 Å². The first-order valence-electron chi connectivity index (χ1n) is 19.4.